The fourth-order valence-corrected chi connectivity index (χ4v) is 1.40. The van der Waals surface area contributed by atoms with Crippen LogP contribution >= 0.6 is 0 Å². The monoisotopic (exact) mass is 207 g/mol. The van der Waals surface area contributed by atoms with E-state index in [-0.39, 0.29) is 5.54 Å². The molecule has 1 aromatic carbocycles. The van der Waals surface area contributed by atoms with Gasteiger partial charge in [-0.2, -0.15) is 0 Å². The van der Waals surface area contributed by atoms with Gasteiger partial charge < -0.3 is 10.4 Å². The molecule has 1 aromatic rings. The van der Waals surface area contributed by atoms with Gasteiger partial charge in [0.05, 0.1) is 6.10 Å². The lowest BCUT2D eigenvalue weighted by atomic mass is 10.0. The van der Waals surface area contributed by atoms with Crippen LogP contribution in [0.5, 0.6) is 0 Å². The van der Waals surface area contributed by atoms with E-state index >= 15 is 0 Å². The molecule has 1 unspecified atom stereocenters. The third kappa shape index (κ3) is 4.45. The summed E-state index contributed by atoms with van der Waals surface area (Å²) in [5.41, 5.74) is 2.21. The van der Waals surface area contributed by atoms with E-state index in [2.05, 4.69) is 26.1 Å². The number of hydrogen-bond donors (Lipinski definition) is 2. The van der Waals surface area contributed by atoms with Gasteiger partial charge in [0.2, 0.25) is 0 Å². The van der Waals surface area contributed by atoms with Crippen molar-refractivity contribution in [2.24, 2.45) is 0 Å². The summed E-state index contributed by atoms with van der Waals surface area (Å²) in [7, 11) is 0. The SMILES string of the molecule is Cc1cccc(C(O)CNC(C)(C)C)c1. The zero-order valence-corrected chi connectivity index (χ0v) is 10.0. The van der Waals surface area contributed by atoms with Crippen LogP contribution in [0.15, 0.2) is 24.3 Å². The van der Waals surface area contributed by atoms with E-state index in [0.29, 0.717) is 6.54 Å². The highest BCUT2D eigenvalue weighted by Crippen LogP contribution is 2.14. The minimum atomic E-state index is -0.427. The third-order valence-corrected chi connectivity index (χ3v) is 2.25. The van der Waals surface area contributed by atoms with Crippen molar-refractivity contribution in [3.63, 3.8) is 0 Å². The van der Waals surface area contributed by atoms with Gasteiger partial charge in [-0.3, -0.25) is 0 Å². The summed E-state index contributed by atoms with van der Waals surface area (Å²) in [6, 6.07) is 8.00. The van der Waals surface area contributed by atoms with Crippen LogP contribution in [0.2, 0.25) is 0 Å². The highest BCUT2D eigenvalue weighted by Gasteiger charge is 2.13. The first kappa shape index (κ1) is 12.2. The van der Waals surface area contributed by atoms with Gasteiger partial charge in [0.25, 0.3) is 0 Å². The predicted octanol–water partition coefficient (Wildman–Crippen LogP) is 2.42. The summed E-state index contributed by atoms with van der Waals surface area (Å²) >= 11 is 0. The first-order valence-corrected chi connectivity index (χ1v) is 5.38. The number of rotatable bonds is 3. The van der Waals surface area contributed by atoms with E-state index in [4.69, 9.17) is 0 Å². The maximum atomic E-state index is 9.95. The predicted molar refractivity (Wildman–Crippen MR) is 63.9 cm³/mol. The van der Waals surface area contributed by atoms with Crippen molar-refractivity contribution in [3.05, 3.63) is 35.4 Å². The van der Waals surface area contributed by atoms with E-state index < -0.39 is 6.10 Å². The molecule has 1 atom stereocenters. The number of aliphatic hydroxyl groups excluding tert-OH is 1. The summed E-state index contributed by atoms with van der Waals surface area (Å²) < 4.78 is 0. The number of aliphatic hydroxyl groups is 1. The zero-order valence-electron chi connectivity index (χ0n) is 10.0. The van der Waals surface area contributed by atoms with Crippen LogP contribution < -0.4 is 5.32 Å². The van der Waals surface area contributed by atoms with Crippen molar-refractivity contribution in [1.82, 2.24) is 5.32 Å². The molecule has 0 radical (unpaired) electrons. The lowest BCUT2D eigenvalue weighted by molar-refractivity contribution is 0.163. The summed E-state index contributed by atoms with van der Waals surface area (Å²) in [4.78, 5) is 0. The maximum Gasteiger partial charge on any atom is 0.0914 e. The summed E-state index contributed by atoms with van der Waals surface area (Å²) in [6.07, 6.45) is -0.427. The molecule has 15 heavy (non-hydrogen) atoms. The maximum absolute atomic E-state index is 9.95. The van der Waals surface area contributed by atoms with Crippen LogP contribution in [-0.4, -0.2) is 17.2 Å². The van der Waals surface area contributed by atoms with E-state index in [1.54, 1.807) is 0 Å². The molecule has 0 fully saturated rings. The van der Waals surface area contributed by atoms with Gasteiger partial charge in [-0.1, -0.05) is 29.8 Å². The van der Waals surface area contributed by atoms with Crippen molar-refractivity contribution >= 4 is 0 Å². The van der Waals surface area contributed by atoms with Crippen LogP contribution in [0.4, 0.5) is 0 Å². The first-order chi connectivity index (χ1) is 6.88. The second kappa shape index (κ2) is 4.77. The quantitative estimate of drug-likeness (QED) is 0.797. The minimum absolute atomic E-state index is 0.0464. The van der Waals surface area contributed by atoms with E-state index in [1.807, 2.05) is 31.2 Å². The Morgan fingerprint density at radius 1 is 1.33 bits per heavy atom. The number of β-amino-alcohol motifs (C(OH)–C–C–N with tert-alkyl or cyclic N) is 1. The van der Waals surface area contributed by atoms with Gasteiger partial charge in [-0.15, -0.1) is 0 Å². The fourth-order valence-electron chi connectivity index (χ4n) is 1.40. The van der Waals surface area contributed by atoms with E-state index in [1.165, 1.54) is 5.56 Å². The van der Waals surface area contributed by atoms with Crippen LogP contribution in [0.1, 0.15) is 38.0 Å². The van der Waals surface area contributed by atoms with E-state index in [9.17, 15) is 5.11 Å². The molecule has 0 aromatic heterocycles. The molecule has 2 N–H and O–H groups in total. The standard InChI is InChI=1S/C13H21NO/c1-10-6-5-7-11(8-10)12(15)9-14-13(2,3)4/h5-8,12,14-15H,9H2,1-4H3. The molecule has 0 spiro atoms. The molecule has 0 saturated carbocycles. The minimum Gasteiger partial charge on any atom is -0.387 e. The second-order valence-corrected chi connectivity index (χ2v) is 5.06. The van der Waals surface area contributed by atoms with Crippen LogP contribution in [0.25, 0.3) is 0 Å². The Labute approximate surface area is 92.3 Å². The molecule has 0 bridgehead atoms. The van der Waals surface area contributed by atoms with Gasteiger partial charge in [0.15, 0.2) is 0 Å². The zero-order chi connectivity index (χ0) is 11.5. The van der Waals surface area contributed by atoms with Crippen molar-refractivity contribution in [2.75, 3.05) is 6.54 Å². The van der Waals surface area contributed by atoms with Gasteiger partial charge in [0.1, 0.15) is 0 Å². The van der Waals surface area contributed by atoms with Gasteiger partial charge in [0, 0.05) is 12.1 Å². The van der Waals surface area contributed by atoms with Crippen LogP contribution in [0.3, 0.4) is 0 Å². The lowest BCUT2D eigenvalue weighted by Crippen LogP contribution is -2.38. The number of aryl methyl sites for hydroxylation is 1. The average molecular weight is 207 g/mol. The van der Waals surface area contributed by atoms with Gasteiger partial charge in [-0.05, 0) is 33.3 Å². The lowest BCUT2D eigenvalue weighted by Gasteiger charge is -2.23. The van der Waals surface area contributed by atoms with Crippen molar-refractivity contribution in [2.45, 2.75) is 39.3 Å². The topological polar surface area (TPSA) is 32.3 Å². The summed E-state index contributed by atoms with van der Waals surface area (Å²) in [6.45, 7) is 8.91. The van der Waals surface area contributed by atoms with E-state index in [0.717, 1.165) is 5.56 Å². The molecule has 0 amide bonds. The first-order valence-electron chi connectivity index (χ1n) is 5.38. The molecule has 84 valence electrons. The molecule has 0 aliphatic carbocycles. The molecule has 0 heterocycles. The fraction of sp³-hybridized carbons (Fsp3) is 0.538. The summed E-state index contributed by atoms with van der Waals surface area (Å²) in [5.74, 6) is 0. The van der Waals surface area contributed by atoms with Gasteiger partial charge >= 0.3 is 0 Å². The van der Waals surface area contributed by atoms with Crippen molar-refractivity contribution < 1.29 is 5.11 Å². The highest BCUT2D eigenvalue weighted by atomic mass is 16.3. The van der Waals surface area contributed by atoms with Crippen molar-refractivity contribution in [3.8, 4) is 0 Å². The van der Waals surface area contributed by atoms with Crippen LogP contribution in [0, 0.1) is 6.92 Å². The molecular formula is C13H21NO. The Hall–Kier alpha value is -0.860. The Balaban J connectivity index is 2.58. The second-order valence-electron chi connectivity index (χ2n) is 5.06. The largest absolute Gasteiger partial charge is 0.387 e. The summed E-state index contributed by atoms with van der Waals surface area (Å²) in [5, 5.41) is 13.2. The smallest absolute Gasteiger partial charge is 0.0914 e. The molecule has 2 heteroatoms. The number of benzene rings is 1. The van der Waals surface area contributed by atoms with Gasteiger partial charge in [-0.25, -0.2) is 0 Å². The average Bonchev–Trinajstić information content (AvgIpc) is 2.13. The van der Waals surface area contributed by atoms with Crippen molar-refractivity contribution in [1.29, 1.82) is 0 Å². The van der Waals surface area contributed by atoms with Crippen LogP contribution in [-0.2, 0) is 0 Å². The molecule has 0 saturated heterocycles. The Kier molecular flexibility index (Phi) is 3.89. The third-order valence-electron chi connectivity index (χ3n) is 2.25. The Bertz CT molecular complexity index is 315. The molecular weight excluding hydrogens is 186 g/mol. The molecule has 0 aliphatic rings. The molecule has 1 rings (SSSR count). The normalized spacial score (nSPS) is 13.9. The number of hydrogen-bond acceptors (Lipinski definition) is 2. The molecule has 0 aliphatic heterocycles. The Morgan fingerprint density at radius 2 is 2.00 bits per heavy atom. The number of nitrogens with one attached hydrogen (secondary N) is 1. The Morgan fingerprint density at radius 3 is 2.53 bits per heavy atom. The highest BCUT2D eigenvalue weighted by molar-refractivity contribution is 5.24. The molecule has 2 nitrogen and oxygen atoms in total.